The van der Waals surface area contributed by atoms with Crippen LogP contribution in [0.1, 0.15) is 49.2 Å². The lowest BCUT2D eigenvalue weighted by atomic mass is 9.92. The van der Waals surface area contributed by atoms with Gasteiger partial charge in [0.05, 0.1) is 30.4 Å². The lowest BCUT2D eigenvalue weighted by Crippen LogP contribution is -2.38. The molecule has 0 aliphatic carbocycles. The summed E-state index contributed by atoms with van der Waals surface area (Å²) in [6.45, 7) is 8.93. The smallest absolute Gasteiger partial charge is 0.223 e. The molecule has 1 aliphatic rings. The summed E-state index contributed by atoms with van der Waals surface area (Å²) in [5.41, 5.74) is 17.4. The Bertz CT molecular complexity index is 1110. The first kappa shape index (κ1) is 21.8. The van der Waals surface area contributed by atoms with Gasteiger partial charge < -0.3 is 16.2 Å². The SMILES string of the molecule is CCC(CC)C1Sc2nc(N)nc3c2c(nn3Cc2ncc(C)c(OC)c2C)CC1N. The van der Waals surface area contributed by atoms with Gasteiger partial charge in [0.25, 0.3) is 0 Å². The van der Waals surface area contributed by atoms with Gasteiger partial charge in [-0.1, -0.05) is 26.7 Å². The zero-order valence-electron chi connectivity index (χ0n) is 18.8. The molecule has 0 saturated heterocycles. The molecule has 0 fully saturated rings. The average molecular weight is 442 g/mol. The first-order valence-corrected chi connectivity index (χ1v) is 11.7. The van der Waals surface area contributed by atoms with Crippen LogP contribution in [0.15, 0.2) is 11.2 Å². The topological polar surface area (TPSA) is 118 Å². The molecule has 3 aromatic rings. The van der Waals surface area contributed by atoms with E-state index in [1.165, 1.54) is 0 Å². The van der Waals surface area contributed by atoms with Gasteiger partial charge in [0.1, 0.15) is 10.8 Å². The lowest BCUT2D eigenvalue weighted by molar-refractivity contribution is 0.406. The first-order valence-electron chi connectivity index (χ1n) is 10.8. The minimum atomic E-state index is -0.00351. The van der Waals surface area contributed by atoms with E-state index >= 15 is 0 Å². The molecule has 0 radical (unpaired) electrons. The normalized spacial score (nSPS) is 18.5. The van der Waals surface area contributed by atoms with Crippen LogP contribution in [0.4, 0.5) is 5.95 Å². The maximum absolute atomic E-state index is 6.69. The molecule has 0 amide bonds. The van der Waals surface area contributed by atoms with Crippen LogP contribution < -0.4 is 16.2 Å². The minimum absolute atomic E-state index is 0.00351. The Labute approximate surface area is 187 Å². The van der Waals surface area contributed by atoms with Gasteiger partial charge in [0.2, 0.25) is 5.95 Å². The van der Waals surface area contributed by atoms with Crippen LogP contribution in [0, 0.1) is 19.8 Å². The number of methoxy groups -OCH3 is 1. The molecule has 2 unspecified atom stereocenters. The number of hydrogen-bond donors (Lipinski definition) is 2. The van der Waals surface area contributed by atoms with Crippen LogP contribution in [0.2, 0.25) is 0 Å². The fourth-order valence-corrected chi connectivity index (χ4v) is 6.17. The van der Waals surface area contributed by atoms with E-state index in [1.54, 1.807) is 18.9 Å². The van der Waals surface area contributed by atoms with Crippen LogP contribution >= 0.6 is 11.8 Å². The molecule has 0 spiro atoms. The number of aromatic nitrogens is 5. The fraction of sp³-hybridized carbons (Fsp3) is 0.545. The van der Waals surface area contributed by atoms with Crippen molar-refractivity contribution in [1.82, 2.24) is 24.7 Å². The van der Waals surface area contributed by atoms with E-state index in [0.717, 1.165) is 57.2 Å². The number of hydrogen-bond acceptors (Lipinski definition) is 8. The van der Waals surface area contributed by atoms with Gasteiger partial charge in [-0.15, -0.1) is 11.8 Å². The number of nitrogen functional groups attached to an aromatic ring is 1. The van der Waals surface area contributed by atoms with Crippen molar-refractivity contribution in [2.45, 2.75) is 69.8 Å². The maximum atomic E-state index is 6.69. The largest absolute Gasteiger partial charge is 0.496 e. The Balaban J connectivity index is 1.80. The summed E-state index contributed by atoms with van der Waals surface area (Å²) >= 11 is 1.74. The van der Waals surface area contributed by atoms with Gasteiger partial charge in [-0.05, 0) is 19.8 Å². The second-order valence-corrected chi connectivity index (χ2v) is 9.43. The molecule has 1 aliphatic heterocycles. The third-order valence-electron chi connectivity index (χ3n) is 6.31. The zero-order chi connectivity index (χ0) is 22.3. The Morgan fingerprint density at radius 3 is 2.68 bits per heavy atom. The molecule has 9 heteroatoms. The van der Waals surface area contributed by atoms with Crippen LogP contribution in [0.3, 0.4) is 0 Å². The Kier molecular flexibility index (Phi) is 6.07. The number of anilines is 1. The molecular weight excluding hydrogens is 410 g/mol. The second-order valence-electron chi connectivity index (χ2n) is 8.26. The second kappa shape index (κ2) is 8.63. The molecule has 0 aromatic carbocycles. The van der Waals surface area contributed by atoms with Crippen molar-refractivity contribution in [1.29, 1.82) is 0 Å². The third-order valence-corrected chi connectivity index (χ3v) is 7.84. The molecule has 3 aromatic heterocycles. The predicted octanol–water partition coefficient (Wildman–Crippen LogP) is 3.26. The van der Waals surface area contributed by atoms with Crippen LogP contribution in [-0.2, 0) is 13.0 Å². The summed E-state index contributed by atoms with van der Waals surface area (Å²) in [5.74, 6) is 1.63. The molecular formula is C22H31N7OS. The predicted molar refractivity (Wildman–Crippen MR) is 124 cm³/mol. The maximum Gasteiger partial charge on any atom is 0.223 e. The van der Waals surface area contributed by atoms with Gasteiger partial charge in [0.15, 0.2) is 5.65 Å². The van der Waals surface area contributed by atoms with E-state index in [1.807, 2.05) is 24.7 Å². The van der Waals surface area contributed by atoms with Gasteiger partial charge in [0, 0.05) is 35.0 Å². The summed E-state index contributed by atoms with van der Waals surface area (Å²) in [6, 6.07) is -0.00351. The molecule has 4 rings (SSSR count). The van der Waals surface area contributed by atoms with Crippen LogP contribution in [-0.4, -0.2) is 43.1 Å². The molecule has 0 bridgehead atoms. The van der Waals surface area contributed by atoms with Crippen molar-refractivity contribution in [3.63, 3.8) is 0 Å². The van der Waals surface area contributed by atoms with E-state index in [2.05, 4.69) is 28.8 Å². The zero-order valence-corrected chi connectivity index (χ0v) is 19.7. The van der Waals surface area contributed by atoms with Crippen molar-refractivity contribution in [2.75, 3.05) is 12.8 Å². The molecule has 8 nitrogen and oxygen atoms in total. The highest BCUT2D eigenvalue weighted by Crippen LogP contribution is 2.41. The van der Waals surface area contributed by atoms with Gasteiger partial charge in [-0.2, -0.15) is 10.1 Å². The summed E-state index contributed by atoms with van der Waals surface area (Å²) in [4.78, 5) is 13.8. The average Bonchev–Trinajstić information content (AvgIpc) is 3.00. The van der Waals surface area contributed by atoms with Crippen molar-refractivity contribution in [3.8, 4) is 5.75 Å². The number of aryl methyl sites for hydroxylation is 1. The van der Waals surface area contributed by atoms with Crippen molar-refractivity contribution >= 4 is 28.7 Å². The van der Waals surface area contributed by atoms with Crippen LogP contribution in [0.25, 0.3) is 11.0 Å². The highest BCUT2D eigenvalue weighted by atomic mass is 32.2. The van der Waals surface area contributed by atoms with E-state index < -0.39 is 0 Å². The van der Waals surface area contributed by atoms with E-state index in [-0.39, 0.29) is 17.2 Å². The highest BCUT2D eigenvalue weighted by Gasteiger charge is 2.33. The number of nitrogens with zero attached hydrogens (tertiary/aromatic N) is 5. The molecule has 166 valence electrons. The fourth-order valence-electron chi connectivity index (χ4n) is 4.59. The van der Waals surface area contributed by atoms with Gasteiger partial charge >= 0.3 is 0 Å². The Morgan fingerprint density at radius 2 is 2.00 bits per heavy atom. The Morgan fingerprint density at radius 1 is 1.26 bits per heavy atom. The highest BCUT2D eigenvalue weighted by molar-refractivity contribution is 8.00. The molecule has 4 N–H and O–H groups in total. The van der Waals surface area contributed by atoms with E-state index in [4.69, 9.17) is 21.3 Å². The van der Waals surface area contributed by atoms with E-state index in [9.17, 15) is 0 Å². The minimum Gasteiger partial charge on any atom is -0.496 e. The van der Waals surface area contributed by atoms with Crippen molar-refractivity contribution in [3.05, 3.63) is 28.7 Å². The number of rotatable bonds is 6. The number of nitrogens with two attached hydrogens (primary N) is 2. The van der Waals surface area contributed by atoms with Gasteiger partial charge in [-0.25, -0.2) is 9.67 Å². The third kappa shape index (κ3) is 3.85. The van der Waals surface area contributed by atoms with Crippen LogP contribution in [0.5, 0.6) is 5.75 Å². The van der Waals surface area contributed by atoms with Crippen molar-refractivity contribution in [2.24, 2.45) is 11.7 Å². The molecule has 4 heterocycles. The Hall–Kier alpha value is -2.39. The number of ether oxygens (including phenoxy) is 1. The van der Waals surface area contributed by atoms with E-state index in [0.29, 0.717) is 18.9 Å². The first-order chi connectivity index (χ1) is 14.9. The standard InChI is InChI=1S/C22H31N7OS/c1-6-13(7-2)19-14(23)8-15-17-20(26-22(24)27-21(17)31-19)29(28-15)10-16-12(4)18(30-5)11(3)9-25-16/h9,13-14,19H,6-8,10,23H2,1-5H3,(H2,24,26,27). The number of thioether (sulfide) groups is 1. The van der Waals surface area contributed by atoms with Gasteiger partial charge in [-0.3, -0.25) is 4.98 Å². The summed E-state index contributed by atoms with van der Waals surface area (Å²) in [5, 5.41) is 7.05. The number of pyridine rings is 1. The summed E-state index contributed by atoms with van der Waals surface area (Å²) in [6.07, 6.45) is 4.70. The summed E-state index contributed by atoms with van der Waals surface area (Å²) < 4.78 is 7.44. The molecule has 31 heavy (non-hydrogen) atoms. The molecule has 2 atom stereocenters. The quantitative estimate of drug-likeness (QED) is 0.560. The molecule has 0 saturated carbocycles. The summed E-state index contributed by atoms with van der Waals surface area (Å²) in [7, 11) is 1.68. The van der Waals surface area contributed by atoms with Crippen molar-refractivity contribution < 1.29 is 4.74 Å². The lowest BCUT2D eigenvalue weighted by Gasteiger charge is -2.28. The monoisotopic (exact) mass is 441 g/mol.